The van der Waals surface area contributed by atoms with E-state index in [0.29, 0.717) is 16.6 Å². The Kier molecular flexibility index (Phi) is 9.25. The summed E-state index contributed by atoms with van der Waals surface area (Å²) in [6, 6.07) is 8.03. The monoisotopic (exact) mass is 549 g/mol. The van der Waals surface area contributed by atoms with Crippen LogP contribution in [0.15, 0.2) is 39.9 Å². The Morgan fingerprint density at radius 2 is 1.86 bits per heavy atom. The number of halogens is 1. The number of ether oxygens (including phenoxy) is 2. The van der Waals surface area contributed by atoms with Crippen molar-refractivity contribution in [1.82, 2.24) is 5.43 Å². The van der Waals surface area contributed by atoms with Crippen LogP contribution in [0.1, 0.15) is 59.1 Å². The minimum Gasteiger partial charge on any atom is -0.504 e. The van der Waals surface area contributed by atoms with Gasteiger partial charge < -0.3 is 14.6 Å². The maximum atomic E-state index is 12.2. The number of phenols is 1. The number of benzene rings is 2. The zero-order chi connectivity index (χ0) is 26.4. The summed E-state index contributed by atoms with van der Waals surface area (Å²) in [5, 5.41) is 25.7. The molecule has 10 heteroatoms. The first-order chi connectivity index (χ1) is 16.2. The fraction of sp³-hybridized carbons (Fsp3) is 0.440. The lowest BCUT2D eigenvalue weighted by Gasteiger charge is -2.33. The third-order valence-corrected chi connectivity index (χ3v) is 5.49. The molecule has 0 aromatic heterocycles. The molecule has 0 aliphatic rings. The molecule has 0 saturated carbocycles. The summed E-state index contributed by atoms with van der Waals surface area (Å²) in [6.45, 7) is 12.1. The van der Waals surface area contributed by atoms with E-state index in [4.69, 9.17) is 9.47 Å². The molecule has 2 rings (SSSR count). The second-order valence-electron chi connectivity index (χ2n) is 9.92. The van der Waals surface area contributed by atoms with Gasteiger partial charge in [-0.1, -0.05) is 56.6 Å². The number of hydrazone groups is 1. The van der Waals surface area contributed by atoms with Gasteiger partial charge in [0.15, 0.2) is 23.9 Å². The number of amides is 1. The number of carbonyl (C=O) groups is 1. The first-order valence-corrected chi connectivity index (χ1v) is 11.9. The molecule has 0 fully saturated rings. The van der Waals surface area contributed by atoms with Crippen LogP contribution in [0.4, 0.5) is 5.69 Å². The molecule has 0 aliphatic carbocycles. The lowest BCUT2D eigenvalue weighted by Crippen LogP contribution is -2.26. The SMILES string of the molecule is CCOc1cc(Br)cc(C=NNC(=O)COc2ccc(C(C)(C)CC(C)(C)C)cc2[N+](=O)[O-])c1O. The number of hydrogen-bond donors (Lipinski definition) is 2. The third-order valence-electron chi connectivity index (χ3n) is 5.03. The van der Waals surface area contributed by atoms with Crippen LogP contribution in [0.2, 0.25) is 0 Å². The van der Waals surface area contributed by atoms with Crippen LogP contribution in [0.25, 0.3) is 0 Å². The molecular weight excluding hydrogens is 518 g/mol. The van der Waals surface area contributed by atoms with Gasteiger partial charge in [0, 0.05) is 16.1 Å². The second kappa shape index (κ2) is 11.5. The van der Waals surface area contributed by atoms with Crippen molar-refractivity contribution in [3.05, 3.63) is 56.0 Å². The number of nitrogens with zero attached hydrogens (tertiary/aromatic N) is 2. The van der Waals surface area contributed by atoms with Crippen LogP contribution >= 0.6 is 15.9 Å². The van der Waals surface area contributed by atoms with Crippen LogP contribution in [0.5, 0.6) is 17.2 Å². The minimum absolute atomic E-state index is 0.00423. The molecule has 190 valence electrons. The zero-order valence-corrected chi connectivity index (χ0v) is 22.4. The van der Waals surface area contributed by atoms with E-state index in [1.54, 1.807) is 25.1 Å². The summed E-state index contributed by atoms with van der Waals surface area (Å²) in [7, 11) is 0. The highest BCUT2D eigenvalue weighted by Gasteiger charge is 2.30. The Hall–Kier alpha value is -3.14. The summed E-state index contributed by atoms with van der Waals surface area (Å²) in [5.74, 6) is -0.462. The summed E-state index contributed by atoms with van der Waals surface area (Å²) in [6.07, 6.45) is 2.09. The van der Waals surface area contributed by atoms with E-state index in [1.165, 1.54) is 18.3 Å². The topological polar surface area (TPSA) is 123 Å². The quantitative estimate of drug-likeness (QED) is 0.222. The number of phenolic OH excluding ortho intramolecular Hbond substituents is 1. The van der Waals surface area contributed by atoms with Gasteiger partial charge >= 0.3 is 5.69 Å². The summed E-state index contributed by atoms with van der Waals surface area (Å²) in [4.78, 5) is 23.3. The van der Waals surface area contributed by atoms with E-state index in [2.05, 4.69) is 47.2 Å². The average Bonchev–Trinajstić information content (AvgIpc) is 2.73. The Morgan fingerprint density at radius 3 is 2.46 bits per heavy atom. The Balaban J connectivity index is 2.08. The van der Waals surface area contributed by atoms with Crippen molar-refractivity contribution in [2.24, 2.45) is 10.5 Å². The van der Waals surface area contributed by atoms with Crippen LogP contribution < -0.4 is 14.9 Å². The van der Waals surface area contributed by atoms with Crippen LogP contribution in [0, 0.1) is 15.5 Å². The fourth-order valence-corrected chi connectivity index (χ4v) is 4.39. The third kappa shape index (κ3) is 8.24. The number of aromatic hydroxyl groups is 1. The number of rotatable bonds is 10. The Bertz CT molecular complexity index is 1110. The summed E-state index contributed by atoms with van der Waals surface area (Å²) < 4.78 is 11.4. The number of nitro groups is 1. The number of hydrogen-bond acceptors (Lipinski definition) is 7. The molecule has 0 bridgehead atoms. The highest BCUT2D eigenvalue weighted by molar-refractivity contribution is 9.10. The molecule has 35 heavy (non-hydrogen) atoms. The van der Waals surface area contributed by atoms with Crippen LogP contribution in [-0.2, 0) is 10.2 Å². The summed E-state index contributed by atoms with van der Waals surface area (Å²) >= 11 is 3.32. The van der Waals surface area contributed by atoms with Gasteiger partial charge in [-0.15, -0.1) is 0 Å². The zero-order valence-electron chi connectivity index (χ0n) is 20.8. The van der Waals surface area contributed by atoms with Crippen LogP contribution in [0.3, 0.4) is 0 Å². The standard InChI is InChI=1S/C25H32BrN3O6/c1-7-34-21-12-18(26)10-16(23(21)31)13-27-28-22(30)14-35-20-9-8-17(11-19(20)29(32)33)25(5,6)15-24(2,3)4/h8-13,31H,7,14-15H2,1-6H3,(H,28,30). The van der Waals surface area contributed by atoms with Gasteiger partial charge in [-0.3, -0.25) is 14.9 Å². The fourth-order valence-electron chi connectivity index (χ4n) is 3.94. The lowest BCUT2D eigenvalue weighted by atomic mass is 9.72. The number of nitro benzene ring substituents is 1. The highest BCUT2D eigenvalue weighted by atomic mass is 79.9. The molecule has 0 aliphatic heterocycles. The van der Waals surface area contributed by atoms with E-state index >= 15 is 0 Å². The number of nitrogens with one attached hydrogen (secondary N) is 1. The van der Waals surface area contributed by atoms with Gasteiger partial charge in [0.25, 0.3) is 5.91 Å². The van der Waals surface area contributed by atoms with Crippen LogP contribution in [-0.4, -0.2) is 35.4 Å². The van der Waals surface area contributed by atoms with E-state index in [1.807, 2.05) is 13.8 Å². The van der Waals surface area contributed by atoms with E-state index in [-0.39, 0.29) is 33.8 Å². The van der Waals surface area contributed by atoms with Crippen molar-refractivity contribution >= 4 is 33.7 Å². The predicted octanol–water partition coefficient (Wildman–Crippen LogP) is 5.70. The maximum absolute atomic E-state index is 12.2. The van der Waals surface area contributed by atoms with Gasteiger partial charge in [-0.2, -0.15) is 5.10 Å². The highest BCUT2D eigenvalue weighted by Crippen LogP contribution is 2.39. The average molecular weight is 550 g/mol. The van der Waals surface area contributed by atoms with Crippen molar-refractivity contribution in [1.29, 1.82) is 0 Å². The van der Waals surface area contributed by atoms with E-state index in [9.17, 15) is 20.0 Å². The van der Waals surface area contributed by atoms with Gasteiger partial charge in [-0.25, -0.2) is 5.43 Å². The Labute approximate surface area is 213 Å². The van der Waals surface area contributed by atoms with Crippen molar-refractivity contribution < 1.29 is 24.3 Å². The lowest BCUT2D eigenvalue weighted by molar-refractivity contribution is -0.385. The minimum atomic E-state index is -0.618. The molecule has 2 aromatic rings. The van der Waals surface area contributed by atoms with Crippen molar-refractivity contribution in [3.8, 4) is 17.2 Å². The van der Waals surface area contributed by atoms with Gasteiger partial charge in [0.1, 0.15) is 0 Å². The molecule has 1 amide bonds. The van der Waals surface area contributed by atoms with Crippen molar-refractivity contribution in [2.45, 2.75) is 53.4 Å². The molecule has 2 N–H and O–H groups in total. The molecule has 0 atom stereocenters. The van der Waals surface area contributed by atoms with Crippen molar-refractivity contribution in [2.75, 3.05) is 13.2 Å². The van der Waals surface area contributed by atoms with Gasteiger partial charge in [-0.05, 0) is 47.9 Å². The molecule has 0 radical (unpaired) electrons. The molecule has 0 unspecified atom stereocenters. The smallest absolute Gasteiger partial charge is 0.311 e. The summed E-state index contributed by atoms with van der Waals surface area (Å²) in [5.41, 5.74) is 2.98. The molecule has 0 saturated heterocycles. The largest absolute Gasteiger partial charge is 0.504 e. The van der Waals surface area contributed by atoms with Gasteiger partial charge in [0.05, 0.1) is 17.7 Å². The molecule has 0 spiro atoms. The van der Waals surface area contributed by atoms with E-state index < -0.39 is 17.4 Å². The first-order valence-electron chi connectivity index (χ1n) is 11.1. The predicted molar refractivity (Wildman–Crippen MR) is 138 cm³/mol. The maximum Gasteiger partial charge on any atom is 0.311 e. The normalized spacial score (nSPS) is 12.0. The second-order valence-corrected chi connectivity index (χ2v) is 10.8. The van der Waals surface area contributed by atoms with Gasteiger partial charge in [0.2, 0.25) is 0 Å². The van der Waals surface area contributed by atoms with E-state index in [0.717, 1.165) is 12.0 Å². The van der Waals surface area contributed by atoms with Crippen molar-refractivity contribution in [3.63, 3.8) is 0 Å². The first kappa shape index (κ1) is 28.1. The molecule has 2 aromatic carbocycles. The molecule has 0 heterocycles. The number of carbonyl (C=O) groups excluding carboxylic acids is 1. The molecular formula is C25H32BrN3O6. The molecule has 9 nitrogen and oxygen atoms in total. The Morgan fingerprint density at radius 1 is 1.17 bits per heavy atom.